The molecule has 9 heteroatoms. The van der Waals surface area contributed by atoms with Gasteiger partial charge >= 0.3 is 0 Å². The van der Waals surface area contributed by atoms with Gasteiger partial charge in [-0.3, -0.25) is 0 Å². The highest BCUT2D eigenvalue weighted by molar-refractivity contribution is 7.19. The van der Waals surface area contributed by atoms with Crippen LogP contribution in [0.3, 0.4) is 0 Å². The van der Waals surface area contributed by atoms with Crippen molar-refractivity contribution >= 4 is 32.9 Å². The van der Waals surface area contributed by atoms with Crippen LogP contribution in [0.1, 0.15) is 36.7 Å². The molecule has 0 bridgehead atoms. The second kappa shape index (κ2) is 7.65. The number of hydrogen-bond acceptors (Lipinski definition) is 9. The molecule has 1 aromatic carbocycles. The summed E-state index contributed by atoms with van der Waals surface area (Å²) in [6, 6.07) is 6.14. The van der Waals surface area contributed by atoms with E-state index in [-0.39, 0.29) is 0 Å². The van der Waals surface area contributed by atoms with Crippen LogP contribution in [0.4, 0.5) is 10.3 Å². The van der Waals surface area contributed by atoms with Crippen LogP contribution in [0.5, 0.6) is 5.75 Å². The minimum Gasteiger partial charge on any atom is -0.493 e. The molecular weight excluding hydrogens is 394 g/mol. The molecule has 0 amide bonds. The fourth-order valence-corrected chi connectivity index (χ4v) is 5.20. The molecule has 2 aliphatic heterocycles. The number of piperidine rings is 1. The minimum absolute atomic E-state index is 0.589. The van der Waals surface area contributed by atoms with Gasteiger partial charge in [-0.25, -0.2) is 4.98 Å². The lowest BCUT2D eigenvalue weighted by Gasteiger charge is -2.25. The van der Waals surface area contributed by atoms with Crippen LogP contribution in [-0.4, -0.2) is 40.0 Å². The van der Waals surface area contributed by atoms with Crippen molar-refractivity contribution in [2.45, 2.75) is 31.9 Å². The molecule has 0 spiro atoms. The Bertz CT molecular complexity index is 967. The number of rotatable bonds is 5. The molecule has 4 heterocycles. The van der Waals surface area contributed by atoms with E-state index < -0.39 is 6.23 Å². The van der Waals surface area contributed by atoms with Gasteiger partial charge in [-0.15, -0.1) is 21.5 Å². The van der Waals surface area contributed by atoms with Gasteiger partial charge in [0.05, 0.1) is 6.61 Å². The molecule has 28 heavy (non-hydrogen) atoms. The highest BCUT2D eigenvalue weighted by Crippen LogP contribution is 2.33. The summed E-state index contributed by atoms with van der Waals surface area (Å²) in [7, 11) is 0. The Kier molecular flexibility index (Phi) is 4.87. The maximum atomic E-state index is 10.5. The topological polar surface area (TPSA) is 83.4 Å². The Balaban J connectivity index is 1.27. The van der Waals surface area contributed by atoms with Gasteiger partial charge < -0.3 is 20.1 Å². The fourth-order valence-electron chi connectivity index (χ4n) is 3.54. The monoisotopic (exact) mass is 415 g/mol. The third-order valence-electron chi connectivity index (χ3n) is 5.04. The number of nitrogens with zero attached hydrogens (tertiary/aromatic N) is 4. The van der Waals surface area contributed by atoms with E-state index in [0.717, 1.165) is 47.6 Å². The van der Waals surface area contributed by atoms with Crippen LogP contribution in [0.25, 0.3) is 10.6 Å². The zero-order chi connectivity index (χ0) is 18.9. The third-order valence-corrected chi connectivity index (χ3v) is 6.86. The summed E-state index contributed by atoms with van der Waals surface area (Å²) in [5.41, 5.74) is 2.86. The van der Waals surface area contributed by atoms with Crippen molar-refractivity contribution < 1.29 is 9.84 Å². The molecule has 146 valence electrons. The first kappa shape index (κ1) is 17.8. The van der Waals surface area contributed by atoms with Gasteiger partial charge in [0.15, 0.2) is 6.23 Å². The minimum atomic E-state index is -0.912. The molecule has 1 fully saturated rings. The molecule has 1 unspecified atom stereocenters. The zero-order valence-corrected chi connectivity index (χ0v) is 16.9. The number of thiazole rings is 1. The lowest BCUT2D eigenvalue weighted by atomic mass is 10.1. The van der Waals surface area contributed by atoms with E-state index in [1.807, 2.05) is 17.5 Å². The zero-order valence-electron chi connectivity index (χ0n) is 15.3. The van der Waals surface area contributed by atoms with Crippen molar-refractivity contribution in [1.82, 2.24) is 15.2 Å². The Morgan fingerprint density at radius 3 is 2.96 bits per heavy atom. The first-order valence-electron chi connectivity index (χ1n) is 9.51. The number of hydrogen-bond donors (Lipinski definition) is 2. The molecule has 2 aliphatic rings. The number of aliphatic hydroxyl groups is 1. The summed E-state index contributed by atoms with van der Waals surface area (Å²) in [4.78, 5) is 6.87. The van der Waals surface area contributed by atoms with Crippen LogP contribution in [0, 0.1) is 0 Å². The van der Waals surface area contributed by atoms with E-state index in [2.05, 4.69) is 31.5 Å². The summed E-state index contributed by atoms with van der Waals surface area (Å²) < 4.78 is 5.56. The van der Waals surface area contributed by atoms with Gasteiger partial charge in [0, 0.05) is 30.5 Å². The standard InChI is InChI=1S/C19H21N5O2S2/c25-16(21-18-22-23-19(28-18)24-7-2-1-3-8-24)14-11-27-17(20-14)13-4-5-15-12(10-13)6-9-26-15/h4-5,10-11,16,25H,1-3,6-9H2,(H,21,22). The summed E-state index contributed by atoms with van der Waals surface area (Å²) in [6.45, 7) is 2.79. The molecule has 0 radical (unpaired) electrons. The van der Waals surface area contributed by atoms with Crippen molar-refractivity contribution in [3.63, 3.8) is 0 Å². The van der Waals surface area contributed by atoms with E-state index in [1.54, 1.807) is 0 Å². The highest BCUT2D eigenvalue weighted by atomic mass is 32.1. The molecule has 7 nitrogen and oxygen atoms in total. The molecule has 1 saturated heterocycles. The van der Waals surface area contributed by atoms with Gasteiger partial charge in [0.1, 0.15) is 16.5 Å². The SMILES string of the molecule is OC(Nc1nnc(N2CCCCC2)s1)c1csc(-c2ccc3c(c2)CCO3)n1. The van der Waals surface area contributed by atoms with Gasteiger partial charge in [-0.1, -0.05) is 11.3 Å². The number of nitrogens with one attached hydrogen (secondary N) is 1. The van der Waals surface area contributed by atoms with Crippen LogP contribution in [-0.2, 0) is 6.42 Å². The van der Waals surface area contributed by atoms with Crippen molar-refractivity contribution in [1.29, 1.82) is 0 Å². The second-order valence-electron chi connectivity index (χ2n) is 6.98. The molecule has 5 rings (SSSR count). The number of benzene rings is 1. The van der Waals surface area contributed by atoms with Crippen molar-refractivity contribution in [2.24, 2.45) is 0 Å². The number of anilines is 2. The summed E-state index contributed by atoms with van der Waals surface area (Å²) in [5.74, 6) is 0.961. The van der Waals surface area contributed by atoms with Crippen LogP contribution in [0.15, 0.2) is 23.6 Å². The number of ether oxygens (including phenoxy) is 1. The smallest absolute Gasteiger partial charge is 0.209 e. The van der Waals surface area contributed by atoms with E-state index in [9.17, 15) is 5.11 Å². The fraction of sp³-hybridized carbons (Fsp3) is 0.421. The summed E-state index contributed by atoms with van der Waals surface area (Å²) in [5, 5.41) is 26.3. The molecule has 0 saturated carbocycles. The molecular formula is C19H21N5O2S2. The first-order chi connectivity index (χ1) is 13.8. The largest absolute Gasteiger partial charge is 0.493 e. The Morgan fingerprint density at radius 2 is 2.07 bits per heavy atom. The normalized spacial score (nSPS) is 17.2. The van der Waals surface area contributed by atoms with Crippen molar-refractivity contribution in [3.8, 4) is 16.3 Å². The van der Waals surface area contributed by atoms with E-state index >= 15 is 0 Å². The average molecular weight is 416 g/mol. The maximum Gasteiger partial charge on any atom is 0.209 e. The summed E-state index contributed by atoms with van der Waals surface area (Å²) >= 11 is 3.00. The van der Waals surface area contributed by atoms with Crippen LogP contribution >= 0.6 is 22.7 Å². The Labute approximate surface area is 171 Å². The molecule has 2 aromatic heterocycles. The quantitative estimate of drug-likeness (QED) is 0.615. The second-order valence-corrected chi connectivity index (χ2v) is 8.80. The number of fused-ring (bicyclic) bond motifs is 1. The predicted molar refractivity (Wildman–Crippen MR) is 111 cm³/mol. The average Bonchev–Trinajstić information content (AvgIpc) is 3.48. The van der Waals surface area contributed by atoms with E-state index in [4.69, 9.17) is 4.74 Å². The van der Waals surface area contributed by atoms with Crippen molar-refractivity contribution in [2.75, 3.05) is 29.9 Å². The maximum absolute atomic E-state index is 10.5. The molecule has 0 aliphatic carbocycles. The van der Waals surface area contributed by atoms with E-state index in [1.165, 1.54) is 47.5 Å². The Morgan fingerprint density at radius 1 is 1.18 bits per heavy atom. The molecule has 1 atom stereocenters. The van der Waals surface area contributed by atoms with Gasteiger partial charge in [0.25, 0.3) is 0 Å². The third kappa shape index (κ3) is 3.57. The predicted octanol–water partition coefficient (Wildman–Crippen LogP) is 3.69. The van der Waals surface area contributed by atoms with Crippen molar-refractivity contribution in [3.05, 3.63) is 34.8 Å². The molecule has 3 aromatic rings. The van der Waals surface area contributed by atoms with Gasteiger partial charge in [-0.05, 0) is 43.0 Å². The summed E-state index contributed by atoms with van der Waals surface area (Å²) in [6.07, 6.45) is 3.69. The lowest BCUT2D eigenvalue weighted by Crippen LogP contribution is -2.29. The first-order valence-corrected chi connectivity index (χ1v) is 11.2. The lowest BCUT2D eigenvalue weighted by molar-refractivity contribution is 0.204. The molecule has 2 N–H and O–H groups in total. The number of aromatic nitrogens is 3. The number of aliphatic hydroxyl groups excluding tert-OH is 1. The van der Waals surface area contributed by atoms with Gasteiger partial charge in [0.2, 0.25) is 10.3 Å². The van der Waals surface area contributed by atoms with E-state index in [0.29, 0.717) is 10.8 Å². The van der Waals surface area contributed by atoms with Crippen LogP contribution < -0.4 is 15.0 Å². The Hall–Kier alpha value is -2.23. The van der Waals surface area contributed by atoms with Gasteiger partial charge in [-0.2, -0.15) is 0 Å². The highest BCUT2D eigenvalue weighted by Gasteiger charge is 2.19. The van der Waals surface area contributed by atoms with Crippen LogP contribution in [0.2, 0.25) is 0 Å².